The van der Waals surface area contributed by atoms with Gasteiger partial charge in [0.25, 0.3) is 0 Å². The van der Waals surface area contributed by atoms with Gasteiger partial charge in [0, 0.05) is 19.8 Å². The number of carbonyl (C=O) groups is 2. The van der Waals surface area contributed by atoms with Crippen molar-refractivity contribution in [1.82, 2.24) is 0 Å². The highest BCUT2D eigenvalue weighted by Crippen LogP contribution is 2.37. The highest BCUT2D eigenvalue weighted by Gasteiger charge is 2.42. The van der Waals surface area contributed by atoms with Crippen LogP contribution in [0.25, 0.3) is 0 Å². The van der Waals surface area contributed by atoms with Gasteiger partial charge >= 0.3 is 11.9 Å². The van der Waals surface area contributed by atoms with Gasteiger partial charge in [-0.3, -0.25) is 14.8 Å². The minimum atomic E-state index is -1.16. The topological polar surface area (TPSA) is 102 Å². The summed E-state index contributed by atoms with van der Waals surface area (Å²) in [5.41, 5.74) is 0. The zero-order valence-electron chi connectivity index (χ0n) is 16.8. The van der Waals surface area contributed by atoms with E-state index in [1.165, 1.54) is 0 Å². The molecule has 0 radical (unpaired) electrons. The molecular formula is C20H34O7. The average Bonchev–Trinajstić information content (AvgIpc) is 2.56. The molecular weight excluding hydrogens is 352 g/mol. The number of carboxylic acid groups (broad SMARTS) is 1. The number of esters is 1. The van der Waals surface area contributed by atoms with E-state index in [0.717, 1.165) is 25.7 Å². The molecule has 2 aliphatic carbocycles. The quantitative estimate of drug-likeness (QED) is 0.297. The summed E-state index contributed by atoms with van der Waals surface area (Å²) in [5.74, 6) is -3.10. The molecule has 2 aliphatic rings. The van der Waals surface area contributed by atoms with E-state index in [-0.39, 0.29) is 18.6 Å². The van der Waals surface area contributed by atoms with E-state index in [2.05, 4.69) is 11.8 Å². The number of hydrogen-bond acceptors (Lipinski definition) is 6. The van der Waals surface area contributed by atoms with Crippen molar-refractivity contribution in [2.75, 3.05) is 6.61 Å². The molecule has 156 valence electrons. The molecule has 0 amide bonds. The van der Waals surface area contributed by atoms with Crippen LogP contribution in [-0.4, -0.2) is 40.8 Å². The molecule has 0 aromatic carbocycles. The molecule has 2 rings (SSSR count). The second-order valence-electron chi connectivity index (χ2n) is 8.92. The summed E-state index contributed by atoms with van der Waals surface area (Å²) in [5, 5.41) is 18.3. The number of ether oxygens (including phenoxy) is 2. The van der Waals surface area contributed by atoms with Crippen LogP contribution in [0.3, 0.4) is 0 Å². The first-order valence-corrected chi connectivity index (χ1v) is 10.0. The molecule has 2 fully saturated rings. The largest absolute Gasteiger partial charge is 0.481 e. The van der Waals surface area contributed by atoms with Crippen molar-refractivity contribution in [2.45, 2.75) is 78.1 Å². The van der Waals surface area contributed by atoms with Gasteiger partial charge in [0.1, 0.15) is 0 Å². The summed E-state index contributed by atoms with van der Waals surface area (Å²) in [4.78, 5) is 28.6. The van der Waals surface area contributed by atoms with E-state index in [9.17, 15) is 14.7 Å². The fraction of sp³-hybridized carbons (Fsp3) is 0.900. The van der Waals surface area contributed by atoms with Crippen LogP contribution in [0.2, 0.25) is 0 Å². The molecule has 7 nitrogen and oxygen atoms in total. The Morgan fingerprint density at radius 2 is 1.63 bits per heavy atom. The predicted molar refractivity (Wildman–Crippen MR) is 97.8 cm³/mol. The van der Waals surface area contributed by atoms with Crippen molar-refractivity contribution in [3.8, 4) is 0 Å². The fourth-order valence-corrected chi connectivity index (χ4v) is 4.54. The van der Waals surface area contributed by atoms with Crippen LogP contribution in [0.4, 0.5) is 0 Å². The third kappa shape index (κ3) is 6.16. The molecule has 0 bridgehead atoms. The maximum atomic E-state index is 12.7. The van der Waals surface area contributed by atoms with Crippen LogP contribution in [0, 0.1) is 29.6 Å². The lowest BCUT2D eigenvalue weighted by Crippen LogP contribution is -2.45. The zero-order valence-corrected chi connectivity index (χ0v) is 16.8. The van der Waals surface area contributed by atoms with E-state index in [1.807, 2.05) is 6.92 Å². The summed E-state index contributed by atoms with van der Waals surface area (Å²) >= 11 is 0. The lowest BCUT2D eigenvalue weighted by atomic mass is 9.74. The lowest BCUT2D eigenvalue weighted by Gasteiger charge is -2.39. The third-order valence-corrected chi connectivity index (χ3v) is 5.98. The van der Waals surface area contributed by atoms with Gasteiger partial charge in [0.15, 0.2) is 0 Å². The first kappa shape index (κ1) is 22.1. The number of hydrogen-bond donors (Lipinski definition) is 2. The Bertz CT molecular complexity index is 518. The maximum absolute atomic E-state index is 12.7. The molecule has 2 N–H and O–H groups in total. The van der Waals surface area contributed by atoms with E-state index in [4.69, 9.17) is 14.7 Å². The van der Waals surface area contributed by atoms with E-state index < -0.39 is 29.6 Å². The minimum absolute atomic E-state index is 0.0269. The van der Waals surface area contributed by atoms with Crippen LogP contribution < -0.4 is 0 Å². The first-order valence-electron chi connectivity index (χ1n) is 10.0. The SMILES string of the molecule is CC1CCC(OC(C)(C)OC(=O)C2CCC(C)CC2C(=O)O)C(COO)C1. The standard InChI is InChI=1S/C20H34O7/c1-12-6-8-17(14(9-12)11-25-24)26-20(3,4)27-19(23)15-7-5-13(2)10-16(15)18(21)22/h12-17,24H,5-11H2,1-4H3,(H,21,22). The number of carboxylic acids is 1. The minimum Gasteiger partial charge on any atom is -0.481 e. The number of aliphatic carboxylic acids is 1. The van der Waals surface area contributed by atoms with Gasteiger partial charge < -0.3 is 14.6 Å². The molecule has 0 aliphatic heterocycles. The normalized spacial score (nSPS) is 34.9. The predicted octanol–water partition coefficient (Wildman–Crippen LogP) is 3.71. The Balaban J connectivity index is 1.99. The summed E-state index contributed by atoms with van der Waals surface area (Å²) in [6, 6.07) is 0. The Kier molecular flexibility index (Phi) is 7.65. The lowest BCUT2D eigenvalue weighted by molar-refractivity contribution is -0.281. The highest BCUT2D eigenvalue weighted by atomic mass is 17.1. The number of rotatable bonds is 7. The van der Waals surface area contributed by atoms with Crippen molar-refractivity contribution in [3.63, 3.8) is 0 Å². The van der Waals surface area contributed by atoms with Gasteiger partial charge in [-0.25, -0.2) is 4.89 Å². The third-order valence-electron chi connectivity index (χ3n) is 5.98. The molecule has 0 spiro atoms. The van der Waals surface area contributed by atoms with Crippen LogP contribution in [0.5, 0.6) is 0 Å². The van der Waals surface area contributed by atoms with Gasteiger partial charge in [0.2, 0.25) is 5.79 Å². The fourth-order valence-electron chi connectivity index (χ4n) is 4.54. The second-order valence-corrected chi connectivity index (χ2v) is 8.92. The van der Waals surface area contributed by atoms with Crippen LogP contribution in [0.1, 0.15) is 66.2 Å². The van der Waals surface area contributed by atoms with Crippen molar-refractivity contribution in [1.29, 1.82) is 0 Å². The van der Waals surface area contributed by atoms with Crippen molar-refractivity contribution < 1.29 is 34.3 Å². The van der Waals surface area contributed by atoms with Gasteiger partial charge in [0.05, 0.1) is 24.5 Å². The van der Waals surface area contributed by atoms with E-state index in [0.29, 0.717) is 24.7 Å². The Hall–Kier alpha value is -1.18. The molecule has 6 atom stereocenters. The molecule has 0 saturated heterocycles. The van der Waals surface area contributed by atoms with Crippen molar-refractivity contribution in [3.05, 3.63) is 0 Å². The van der Waals surface area contributed by atoms with Gasteiger partial charge in [-0.1, -0.05) is 13.8 Å². The van der Waals surface area contributed by atoms with Crippen molar-refractivity contribution in [2.24, 2.45) is 29.6 Å². The molecule has 0 aromatic rings. The monoisotopic (exact) mass is 386 g/mol. The Morgan fingerprint density at radius 3 is 2.26 bits per heavy atom. The maximum Gasteiger partial charge on any atom is 0.312 e. The summed E-state index contributed by atoms with van der Waals surface area (Å²) in [7, 11) is 0. The average molecular weight is 386 g/mol. The number of carbonyl (C=O) groups excluding carboxylic acids is 1. The Morgan fingerprint density at radius 1 is 1.00 bits per heavy atom. The van der Waals surface area contributed by atoms with Crippen LogP contribution in [0.15, 0.2) is 0 Å². The highest BCUT2D eigenvalue weighted by molar-refractivity contribution is 5.81. The molecule has 0 heterocycles. The van der Waals surface area contributed by atoms with Crippen LogP contribution >= 0.6 is 0 Å². The molecule has 2 saturated carbocycles. The molecule has 0 aromatic heterocycles. The van der Waals surface area contributed by atoms with E-state index >= 15 is 0 Å². The van der Waals surface area contributed by atoms with Gasteiger partial charge in [-0.15, -0.1) is 0 Å². The molecule has 6 unspecified atom stereocenters. The van der Waals surface area contributed by atoms with Crippen molar-refractivity contribution >= 4 is 11.9 Å². The second kappa shape index (κ2) is 9.34. The van der Waals surface area contributed by atoms with Gasteiger partial charge in [-0.05, 0) is 50.4 Å². The zero-order chi connectivity index (χ0) is 20.2. The smallest absolute Gasteiger partial charge is 0.312 e. The van der Waals surface area contributed by atoms with Crippen LogP contribution in [-0.2, 0) is 24.0 Å². The van der Waals surface area contributed by atoms with Gasteiger partial charge in [-0.2, -0.15) is 0 Å². The van der Waals surface area contributed by atoms with E-state index in [1.54, 1.807) is 13.8 Å². The Labute approximate surface area is 161 Å². The summed E-state index contributed by atoms with van der Waals surface area (Å²) in [6.45, 7) is 7.71. The molecule has 27 heavy (non-hydrogen) atoms. The first-order chi connectivity index (χ1) is 12.6. The summed E-state index contributed by atoms with van der Waals surface area (Å²) in [6.07, 6.45) is 4.32. The molecule has 7 heteroatoms. The summed E-state index contributed by atoms with van der Waals surface area (Å²) < 4.78 is 11.7.